The lowest BCUT2D eigenvalue weighted by molar-refractivity contribution is -0.121. The van der Waals surface area contributed by atoms with Crippen LogP contribution in [0.4, 0.5) is 0 Å². The zero-order valence-electron chi connectivity index (χ0n) is 11.8. The first kappa shape index (κ1) is 14.2. The third kappa shape index (κ3) is 3.04. The van der Waals surface area contributed by atoms with Gasteiger partial charge in [0, 0.05) is 13.5 Å². The van der Waals surface area contributed by atoms with Crippen LogP contribution in [0.5, 0.6) is 0 Å². The van der Waals surface area contributed by atoms with Crippen molar-refractivity contribution in [2.45, 2.75) is 32.7 Å². The first-order valence-corrected chi connectivity index (χ1v) is 6.85. The second kappa shape index (κ2) is 6.32. The summed E-state index contributed by atoms with van der Waals surface area (Å²) in [5, 5.41) is 3.40. The fraction of sp³-hybridized carbons (Fsp3) is 0.400. The number of carbonyl (C=O) groups excluding carboxylic acids is 1. The number of amides is 1. The predicted octanol–water partition coefficient (Wildman–Crippen LogP) is 1.74. The summed E-state index contributed by atoms with van der Waals surface area (Å²) in [5.74, 6) is 0.563. The number of nitrogens with one attached hydrogen (secondary N) is 1. The number of rotatable bonds is 5. The van der Waals surface area contributed by atoms with Crippen molar-refractivity contribution in [3.63, 3.8) is 0 Å². The number of hydrogen-bond acceptors (Lipinski definition) is 3. The normalized spacial score (nSPS) is 10.7. The van der Waals surface area contributed by atoms with Crippen LogP contribution in [0.25, 0.3) is 10.9 Å². The molecule has 5 nitrogen and oxygen atoms in total. The van der Waals surface area contributed by atoms with Crippen molar-refractivity contribution < 1.29 is 4.79 Å². The molecule has 1 amide bonds. The fourth-order valence-electron chi connectivity index (χ4n) is 2.03. The molecule has 0 aliphatic carbocycles. The molecule has 2 rings (SSSR count). The number of benzene rings is 1. The van der Waals surface area contributed by atoms with E-state index in [0.29, 0.717) is 23.1 Å². The number of aromatic nitrogens is 2. The Morgan fingerprint density at radius 2 is 2.10 bits per heavy atom. The average Bonchev–Trinajstić information content (AvgIpc) is 2.47. The number of unbranched alkanes of at least 4 members (excludes halogenated alkanes) is 1. The fourth-order valence-corrected chi connectivity index (χ4v) is 2.03. The van der Waals surface area contributed by atoms with E-state index in [2.05, 4.69) is 10.3 Å². The number of carbonyl (C=O) groups is 1. The summed E-state index contributed by atoms with van der Waals surface area (Å²) in [4.78, 5) is 28.2. The zero-order valence-corrected chi connectivity index (χ0v) is 11.8. The first-order valence-electron chi connectivity index (χ1n) is 6.85. The monoisotopic (exact) mass is 273 g/mol. The van der Waals surface area contributed by atoms with Crippen LogP contribution in [0.15, 0.2) is 29.1 Å². The van der Waals surface area contributed by atoms with E-state index in [4.69, 9.17) is 0 Å². The van der Waals surface area contributed by atoms with Gasteiger partial charge < -0.3 is 5.32 Å². The minimum Gasteiger partial charge on any atom is -0.349 e. The SMILES string of the molecule is CCCCC(=O)NCc1nc2ccccc2c(=O)n1C. The van der Waals surface area contributed by atoms with Crippen LogP contribution >= 0.6 is 0 Å². The van der Waals surface area contributed by atoms with Crippen molar-refractivity contribution in [2.75, 3.05) is 0 Å². The van der Waals surface area contributed by atoms with E-state index in [1.807, 2.05) is 19.1 Å². The minimum atomic E-state index is -0.0894. The Kier molecular flexibility index (Phi) is 4.50. The summed E-state index contributed by atoms with van der Waals surface area (Å²) in [6.07, 6.45) is 2.37. The number of hydrogen-bond donors (Lipinski definition) is 1. The molecule has 0 aliphatic rings. The van der Waals surface area contributed by atoms with Gasteiger partial charge in [0.15, 0.2) is 0 Å². The molecular weight excluding hydrogens is 254 g/mol. The Morgan fingerprint density at radius 1 is 1.35 bits per heavy atom. The van der Waals surface area contributed by atoms with E-state index in [0.717, 1.165) is 12.8 Å². The van der Waals surface area contributed by atoms with E-state index in [-0.39, 0.29) is 18.0 Å². The summed E-state index contributed by atoms with van der Waals surface area (Å²) in [7, 11) is 1.68. The zero-order chi connectivity index (χ0) is 14.5. The maximum Gasteiger partial charge on any atom is 0.261 e. The molecule has 5 heteroatoms. The van der Waals surface area contributed by atoms with Crippen molar-refractivity contribution in [2.24, 2.45) is 7.05 Å². The molecule has 2 aromatic rings. The van der Waals surface area contributed by atoms with E-state index < -0.39 is 0 Å². The van der Waals surface area contributed by atoms with Gasteiger partial charge in [-0.2, -0.15) is 0 Å². The molecule has 0 saturated carbocycles. The molecule has 0 bridgehead atoms. The third-order valence-corrected chi connectivity index (χ3v) is 3.28. The molecule has 1 N–H and O–H groups in total. The second-order valence-corrected chi connectivity index (χ2v) is 4.79. The Morgan fingerprint density at radius 3 is 2.85 bits per heavy atom. The minimum absolute atomic E-state index is 0.00532. The molecule has 0 radical (unpaired) electrons. The molecule has 0 fully saturated rings. The quantitative estimate of drug-likeness (QED) is 0.902. The Hall–Kier alpha value is -2.17. The topological polar surface area (TPSA) is 64.0 Å². The number of para-hydroxylation sites is 1. The molecule has 0 unspecified atom stereocenters. The molecular formula is C15H19N3O2. The van der Waals surface area contributed by atoms with Gasteiger partial charge in [-0.15, -0.1) is 0 Å². The van der Waals surface area contributed by atoms with Gasteiger partial charge in [0.2, 0.25) is 5.91 Å². The maximum absolute atomic E-state index is 12.2. The largest absolute Gasteiger partial charge is 0.349 e. The Balaban J connectivity index is 2.20. The summed E-state index contributed by atoms with van der Waals surface area (Å²) >= 11 is 0. The lowest BCUT2D eigenvalue weighted by atomic mass is 10.2. The van der Waals surface area contributed by atoms with E-state index in [1.165, 1.54) is 4.57 Å². The van der Waals surface area contributed by atoms with Gasteiger partial charge in [0.05, 0.1) is 17.4 Å². The average molecular weight is 273 g/mol. The van der Waals surface area contributed by atoms with Gasteiger partial charge in [-0.1, -0.05) is 25.5 Å². The van der Waals surface area contributed by atoms with Gasteiger partial charge in [0.1, 0.15) is 5.82 Å². The van der Waals surface area contributed by atoms with Crippen LogP contribution < -0.4 is 10.9 Å². The molecule has 20 heavy (non-hydrogen) atoms. The van der Waals surface area contributed by atoms with Crippen molar-refractivity contribution in [1.82, 2.24) is 14.9 Å². The summed E-state index contributed by atoms with van der Waals surface area (Å²) in [5.41, 5.74) is 0.571. The predicted molar refractivity (Wildman–Crippen MR) is 78.4 cm³/mol. The molecule has 1 aromatic carbocycles. The van der Waals surface area contributed by atoms with Crippen LogP contribution in [0.1, 0.15) is 32.0 Å². The standard InChI is InChI=1S/C15H19N3O2/c1-3-4-9-14(19)16-10-13-17-12-8-6-5-7-11(12)15(20)18(13)2/h5-8H,3-4,9-10H2,1-2H3,(H,16,19). The van der Waals surface area contributed by atoms with Crippen LogP contribution in [-0.2, 0) is 18.4 Å². The van der Waals surface area contributed by atoms with Crippen molar-refractivity contribution in [1.29, 1.82) is 0 Å². The maximum atomic E-state index is 12.2. The van der Waals surface area contributed by atoms with Gasteiger partial charge >= 0.3 is 0 Å². The molecule has 0 saturated heterocycles. The molecule has 1 heterocycles. The van der Waals surface area contributed by atoms with Gasteiger partial charge in [-0.05, 0) is 18.6 Å². The molecule has 0 aliphatic heterocycles. The van der Waals surface area contributed by atoms with E-state index in [9.17, 15) is 9.59 Å². The Bertz CT molecular complexity index is 676. The smallest absolute Gasteiger partial charge is 0.261 e. The van der Waals surface area contributed by atoms with Crippen LogP contribution in [0, 0.1) is 0 Å². The highest BCUT2D eigenvalue weighted by molar-refractivity contribution is 5.78. The highest BCUT2D eigenvalue weighted by atomic mass is 16.1. The van der Waals surface area contributed by atoms with Crippen LogP contribution in [-0.4, -0.2) is 15.5 Å². The van der Waals surface area contributed by atoms with E-state index in [1.54, 1.807) is 19.2 Å². The van der Waals surface area contributed by atoms with Gasteiger partial charge in [-0.3, -0.25) is 14.2 Å². The third-order valence-electron chi connectivity index (χ3n) is 3.28. The lowest BCUT2D eigenvalue weighted by Crippen LogP contribution is -2.29. The highest BCUT2D eigenvalue weighted by Crippen LogP contribution is 2.07. The summed E-state index contributed by atoms with van der Waals surface area (Å²) in [6, 6.07) is 7.23. The first-order chi connectivity index (χ1) is 9.63. The molecule has 1 aromatic heterocycles. The van der Waals surface area contributed by atoms with Crippen LogP contribution in [0.3, 0.4) is 0 Å². The number of fused-ring (bicyclic) bond motifs is 1. The van der Waals surface area contributed by atoms with Crippen molar-refractivity contribution in [3.8, 4) is 0 Å². The lowest BCUT2D eigenvalue weighted by Gasteiger charge is -2.10. The molecule has 0 atom stereocenters. The highest BCUT2D eigenvalue weighted by Gasteiger charge is 2.08. The molecule has 0 spiro atoms. The van der Waals surface area contributed by atoms with E-state index >= 15 is 0 Å². The van der Waals surface area contributed by atoms with Gasteiger partial charge in [0.25, 0.3) is 5.56 Å². The van der Waals surface area contributed by atoms with Crippen LogP contribution in [0.2, 0.25) is 0 Å². The van der Waals surface area contributed by atoms with Gasteiger partial charge in [-0.25, -0.2) is 4.98 Å². The second-order valence-electron chi connectivity index (χ2n) is 4.79. The summed E-state index contributed by atoms with van der Waals surface area (Å²) < 4.78 is 1.49. The molecule has 106 valence electrons. The van der Waals surface area contributed by atoms with Crippen molar-refractivity contribution >= 4 is 16.8 Å². The Labute approximate surface area is 117 Å². The number of nitrogens with zero attached hydrogens (tertiary/aromatic N) is 2. The summed E-state index contributed by atoms with van der Waals surface area (Å²) in [6.45, 7) is 2.32. The van der Waals surface area contributed by atoms with Crippen molar-refractivity contribution in [3.05, 3.63) is 40.4 Å².